The highest BCUT2D eigenvalue weighted by atomic mass is 32.1. The molecule has 32 heavy (non-hydrogen) atoms. The van der Waals surface area contributed by atoms with Crippen molar-refractivity contribution in [2.45, 2.75) is 20.5 Å². The minimum absolute atomic E-state index is 0.151. The van der Waals surface area contributed by atoms with Crippen molar-refractivity contribution in [1.29, 1.82) is 0 Å². The van der Waals surface area contributed by atoms with E-state index in [0.29, 0.717) is 22.9 Å². The summed E-state index contributed by atoms with van der Waals surface area (Å²) in [5.41, 5.74) is 1.75. The molecular formula is C23H18N2O5S2. The highest BCUT2D eigenvalue weighted by molar-refractivity contribution is 7.28. The van der Waals surface area contributed by atoms with Gasteiger partial charge in [0.05, 0.1) is 11.5 Å². The Morgan fingerprint density at radius 3 is 2.62 bits per heavy atom. The number of rotatable bonds is 5. The van der Waals surface area contributed by atoms with E-state index < -0.39 is 6.09 Å². The van der Waals surface area contributed by atoms with Crippen LogP contribution >= 0.6 is 22.7 Å². The first-order chi connectivity index (χ1) is 15.5. The van der Waals surface area contributed by atoms with Crippen LogP contribution in [0.25, 0.3) is 9.40 Å². The molecule has 0 aliphatic rings. The molecular weight excluding hydrogens is 448 g/mol. The number of aromatic nitrogens is 1. The number of ether oxygens (including phenoxy) is 2. The number of carbonyl (C=O) groups is 2. The van der Waals surface area contributed by atoms with Crippen LogP contribution in [0.3, 0.4) is 0 Å². The molecule has 1 amide bonds. The van der Waals surface area contributed by atoms with Crippen LogP contribution in [0.5, 0.6) is 0 Å². The van der Waals surface area contributed by atoms with Crippen molar-refractivity contribution in [1.82, 2.24) is 5.16 Å². The number of thiophene rings is 2. The van der Waals surface area contributed by atoms with Gasteiger partial charge in [-0.1, -0.05) is 35.5 Å². The number of hydrogen-bond donors (Lipinski definition) is 1. The molecule has 3 heterocycles. The SMILES string of the molecule is CCOC(=O)c1cc2sc(C#Cc3onc(C)c3NC(=O)OCc3ccccc3)cc2s1. The van der Waals surface area contributed by atoms with E-state index in [1.165, 1.54) is 22.7 Å². The van der Waals surface area contributed by atoms with Crippen molar-refractivity contribution in [2.75, 3.05) is 11.9 Å². The molecule has 3 aromatic heterocycles. The second-order valence-electron chi connectivity index (χ2n) is 6.58. The maximum Gasteiger partial charge on any atom is 0.412 e. The van der Waals surface area contributed by atoms with Gasteiger partial charge in [-0.05, 0) is 43.4 Å². The predicted molar refractivity (Wildman–Crippen MR) is 123 cm³/mol. The third kappa shape index (κ3) is 4.99. The molecule has 7 nitrogen and oxygen atoms in total. The Balaban J connectivity index is 1.45. The third-order valence-corrected chi connectivity index (χ3v) is 6.47. The maximum atomic E-state index is 12.2. The second kappa shape index (κ2) is 9.68. The van der Waals surface area contributed by atoms with Crippen LogP contribution in [0.4, 0.5) is 10.5 Å². The molecule has 9 heteroatoms. The number of hydrogen-bond acceptors (Lipinski definition) is 8. The number of aryl methyl sites for hydroxylation is 1. The van der Waals surface area contributed by atoms with E-state index in [9.17, 15) is 9.59 Å². The van der Waals surface area contributed by atoms with Crippen LogP contribution in [0, 0.1) is 18.8 Å². The predicted octanol–water partition coefficient (Wildman–Crippen LogP) is 5.58. The lowest BCUT2D eigenvalue weighted by Gasteiger charge is -2.06. The van der Waals surface area contributed by atoms with Crippen molar-refractivity contribution in [3.05, 3.63) is 69.2 Å². The van der Waals surface area contributed by atoms with Crippen molar-refractivity contribution in [2.24, 2.45) is 0 Å². The zero-order valence-electron chi connectivity index (χ0n) is 17.3. The average Bonchev–Trinajstić information content (AvgIpc) is 3.46. The summed E-state index contributed by atoms with van der Waals surface area (Å²) in [6.07, 6.45) is -0.619. The van der Waals surface area contributed by atoms with E-state index in [-0.39, 0.29) is 18.3 Å². The van der Waals surface area contributed by atoms with Crippen LogP contribution in [0.15, 0.2) is 47.0 Å². The van der Waals surface area contributed by atoms with E-state index >= 15 is 0 Å². The molecule has 0 aliphatic carbocycles. The Hall–Kier alpha value is -3.61. The van der Waals surface area contributed by atoms with Gasteiger partial charge in [-0.15, -0.1) is 22.7 Å². The lowest BCUT2D eigenvalue weighted by molar-refractivity contribution is 0.0532. The highest BCUT2D eigenvalue weighted by Gasteiger charge is 2.16. The molecule has 1 aromatic carbocycles. The highest BCUT2D eigenvalue weighted by Crippen LogP contribution is 2.33. The first kappa shape index (κ1) is 21.6. The summed E-state index contributed by atoms with van der Waals surface area (Å²) in [5.74, 6) is 5.86. The Kier molecular flexibility index (Phi) is 6.54. The molecule has 0 atom stereocenters. The molecule has 0 saturated carbocycles. The molecule has 0 saturated heterocycles. The maximum absolute atomic E-state index is 12.2. The second-order valence-corrected chi connectivity index (χ2v) is 8.75. The normalized spacial score (nSPS) is 10.4. The van der Waals surface area contributed by atoms with Crippen LogP contribution < -0.4 is 5.32 Å². The minimum atomic E-state index is -0.619. The molecule has 0 radical (unpaired) electrons. The van der Waals surface area contributed by atoms with Crippen molar-refractivity contribution >= 4 is 49.8 Å². The quantitative estimate of drug-likeness (QED) is 0.305. The minimum Gasteiger partial charge on any atom is -0.462 e. The van der Waals surface area contributed by atoms with E-state index in [2.05, 4.69) is 22.3 Å². The summed E-state index contributed by atoms with van der Waals surface area (Å²) in [4.78, 5) is 25.4. The van der Waals surface area contributed by atoms with E-state index in [1.807, 2.05) is 42.5 Å². The van der Waals surface area contributed by atoms with Crippen LogP contribution in [-0.2, 0) is 16.1 Å². The summed E-state index contributed by atoms with van der Waals surface area (Å²) >= 11 is 2.83. The standard InChI is InChI=1S/C23H18N2O5S2/c1-3-28-22(26)20-12-19-18(32-20)11-16(31-19)9-10-17-21(14(2)25-30-17)24-23(27)29-13-15-7-5-4-6-8-15/h4-8,11-12H,3,13H2,1-2H3,(H,24,27). The van der Waals surface area contributed by atoms with Gasteiger partial charge >= 0.3 is 12.1 Å². The van der Waals surface area contributed by atoms with Gasteiger partial charge in [-0.3, -0.25) is 5.32 Å². The molecule has 0 bridgehead atoms. The number of carbonyl (C=O) groups excluding carboxylic acids is 2. The van der Waals surface area contributed by atoms with Gasteiger partial charge in [-0.2, -0.15) is 0 Å². The Morgan fingerprint density at radius 1 is 1.09 bits per heavy atom. The number of esters is 1. The zero-order valence-corrected chi connectivity index (χ0v) is 18.9. The first-order valence-electron chi connectivity index (χ1n) is 9.70. The molecule has 4 rings (SSSR count). The Labute approximate surface area is 191 Å². The fourth-order valence-corrected chi connectivity index (χ4v) is 4.93. The lowest BCUT2D eigenvalue weighted by Crippen LogP contribution is -2.14. The topological polar surface area (TPSA) is 90.7 Å². The first-order valence-corrected chi connectivity index (χ1v) is 11.3. The van der Waals surface area contributed by atoms with Crippen molar-refractivity contribution in [3.8, 4) is 11.8 Å². The number of amides is 1. The number of nitrogens with zero attached hydrogens (tertiary/aromatic N) is 1. The molecule has 0 aliphatic heterocycles. The monoisotopic (exact) mass is 466 g/mol. The van der Waals surface area contributed by atoms with E-state index in [4.69, 9.17) is 14.0 Å². The summed E-state index contributed by atoms with van der Waals surface area (Å²) < 4.78 is 17.5. The fraction of sp³-hybridized carbons (Fsp3) is 0.174. The molecule has 0 fully saturated rings. The largest absolute Gasteiger partial charge is 0.462 e. The number of fused-ring (bicyclic) bond motifs is 1. The molecule has 4 aromatic rings. The molecule has 0 spiro atoms. The summed E-state index contributed by atoms with van der Waals surface area (Å²) in [5, 5.41) is 6.54. The van der Waals surface area contributed by atoms with E-state index in [1.54, 1.807) is 13.8 Å². The smallest absolute Gasteiger partial charge is 0.412 e. The number of anilines is 1. The summed E-state index contributed by atoms with van der Waals surface area (Å²) in [6.45, 7) is 3.98. The zero-order chi connectivity index (χ0) is 22.5. The van der Waals surface area contributed by atoms with Gasteiger partial charge in [0.15, 0.2) is 0 Å². The lowest BCUT2D eigenvalue weighted by atomic mass is 10.2. The summed E-state index contributed by atoms with van der Waals surface area (Å²) in [7, 11) is 0. The average molecular weight is 467 g/mol. The van der Waals surface area contributed by atoms with Gasteiger partial charge < -0.3 is 14.0 Å². The molecule has 0 unspecified atom stereocenters. The fourth-order valence-electron chi connectivity index (χ4n) is 2.78. The van der Waals surface area contributed by atoms with Gasteiger partial charge in [0.2, 0.25) is 5.76 Å². The Morgan fingerprint density at radius 2 is 1.88 bits per heavy atom. The van der Waals surface area contributed by atoms with Gasteiger partial charge in [-0.25, -0.2) is 9.59 Å². The van der Waals surface area contributed by atoms with E-state index in [0.717, 1.165) is 19.8 Å². The van der Waals surface area contributed by atoms with Crippen LogP contribution in [-0.4, -0.2) is 23.8 Å². The van der Waals surface area contributed by atoms with Gasteiger partial charge in [0.1, 0.15) is 22.9 Å². The summed E-state index contributed by atoms with van der Waals surface area (Å²) in [6, 6.07) is 13.1. The number of nitrogens with one attached hydrogen (secondary N) is 1. The van der Waals surface area contributed by atoms with Gasteiger partial charge in [0, 0.05) is 9.40 Å². The third-order valence-electron chi connectivity index (χ3n) is 4.29. The van der Waals surface area contributed by atoms with Crippen molar-refractivity contribution < 1.29 is 23.6 Å². The molecule has 1 N–H and O–H groups in total. The van der Waals surface area contributed by atoms with Crippen molar-refractivity contribution in [3.63, 3.8) is 0 Å². The van der Waals surface area contributed by atoms with Gasteiger partial charge in [0.25, 0.3) is 0 Å². The van der Waals surface area contributed by atoms with Crippen LogP contribution in [0.1, 0.15) is 38.5 Å². The Bertz CT molecular complexity index is 1290. The number of benzene rings is 1. The van der Waals surface area contributed by atoms with Crippen LogP contribution in [0.2, 0.25) is 0 Å². The molecule has 162 valence electrons.